The number of halogens is 1. The van der Waals surface area contributed by atoms with Crippen LogP contribution in [-0.2, 0) is 0 Å². The number of para-hydroxylation sites is 1. The first-order chi connectivity index (χ1) is 13.9. The van der Waals surface area contributed by atoms with Crippen molar-refractivity contribution in [1.29, 1.82) is 0 Å². The van der Waals surface area contributed by atoms with E-state index in [9.17, 15) is 9.59 Å². The minimum Gasteiger partial charge on any atom is -0.332 e. The SMILES string of the molecule is CN(C(=O)c1ccc(NC(=S)NC(=O)c2ccc(Cl)cc2)cc1)c1ccccc1. The molecule has 0 saturated carbocycles. The maximum atomic E-state index is 12.6. The molecule has 2 N–H and O–H groups in total. The predicted octanol–water partition coefficient (Wildman–Crippen LogP) is 4.74. The molecular weight excluding hydrogens is 406 g/mol. The van der Waals surface area contributed by atoms with E-state index in [1.165, 1.54) is 0 Å². The van der Waals surface area contributed by atoms with Crippen molar-refractivity contribution in [2.45, 2.75) is 0 Å². The molecule has 0 bridgehead atoms. The highest BCUT2D eigenvalue weighted by Gasteiger charge is 2.13. The summed E-state index contributed by atoms with van der Waals surface area (Å²) < 4.78 is 0. The first-order valence-electron chi connectivity index (χ1n) is 8.75. The second-order valence-corrected chi connectivity index (χ2v) is 7.04. The molecule has 0 aliphatic heterocycles. The molecule has 7 heteroatoms. The van der Waals surface area contributed by atoms with Crippen LogP contribution in [0.15, 0.2) is 78.9 Å². The lowest BCUT2D eigenvalue weighted by atomic mass is 10.1. The molecule has 0 spiro atoms. The molecule has 0 aromatic heterocycles. The summed E-state index contributed by atoms with van der Waals surface area (Å²) in [6, 6.07) is 22.8. The zero-order chi connectivity index (χ0) is 20.8. The lowest BCUT2D eigenvalue weighted by Crippen LogP contribution is -2.34. The molecule has 3 rings (SSSR count). The molecule has 146 valence electrons. The largest absolute Gasteiger partial charge is 0.332 e. The zero-order valence-electron chi connectivity index (χ0n) is 15.6. The number of rotatable bonds is 4. The molecule has 2 amide bonds. The summed E-state index contributed by atoms with van der Waals surface area (Å²) in [5.41, 5.74) is 2.46. The van der Waals surface area contributed by atoms with E-state index in [1.54, 1.807) is 60.5 Å². The van der Waals surface area contributed by atoms with Crippen molar-refractivity contribution in [3.63, 3.8) is 0 Å². The zero-order valence-corrected chi connectivity index (χ0v) is 17.1. The molecule has 0 saturated heterocycles. The third-order valence-corrected chi connectivity index (χ3v) is 4.63. The number of carbonyl (C=O) groups excluding carboxylic acids is 2. The molecule has 0 aliphatic rings. The number of carbonyl (C=O) groups is 2. The molecule has 0 unspecified atom stereocenters. The van der Waals surface area contributed by atoms with Gasteiger partial charge in [0.25, 0.3) is 11.8 Å². The van der Waals surface area contributed by atoms with Crippen molar-refractivity contribution < 1.29 is 9.59 Å². The average Bonchev–Trinajstić information content (AvgIpc) is 2.74. The fourth-order valence-corrected chi connectivity index (χ4v) is 2.93. The summed E-state index contributed by atoms with van der Waals surface area (Å²) >= 11 is 11.0. The van der Waals surface area contributed by atoms with Crippen molar-refractivity contribution >= 4 is 52.1 Å². The highest BCUT2D eigenvalue weighted by Crippen LogP contribution is 2.17. The van der Waals surface area contributed by atoms with E-state index in [2.05, 4.69) is 10.6 Å². The summed E-state index contributed by atoms with van der Waals surface area (Å²) in [5, 5.41) is 6.24. The second kappa shape index (κ2) is 9.32. The fourth-order valence-electron chi connectivity index (χ4n) is 2.60. The van der Waals surface area contributed by atoms with Gasteiger partial charge in [-0.3, -0.25) is 14.9 Å². The van der Waals surface area contributed by atoms with Crippen LogP contribution in [0.4, 0.5) is 11.4 Å². The topological polar surface area (TPSA) is 61.4 Å². The van der Waals surface area contributed by atoms with Crippen molar-refractivity contribution in [2.75, 3.05) is 17.3 Å². The van der Waals surface area contributed by atoms with Crippen LogP contribution in [0.2, 0.25) is 5.02 Å². The van der Waals surface area contributed by atoms with Gasteiger partial charge < -0.3 is 10.2 Å². The van der Waals surface area contributed by atoms with Gasteiger partial charge in [0.15, 0.2) is 5.11 Å². The minimum atomic E-state index is -0.338. The number of hydrogen-bond acceptors (Lipinski definition) is 3. The summed E-state index contributed by atoms with van der Waals surface area (Å²) in [4.78, 5) is 26.4. The van der Waals surface area contributed by atoms with E-state index in [0.717, 1.165) is 5.69 Å². The number of thiocarbonyl (C=S) groups is 1. The number of nitrogens with zero attached hydrogens (tertiary/aromatic N) is 1. The van der Waals surface area contributed by atoms with E-state index < -0.39 is 0 Å². The van der Waals surface area contributed by atoms with Gasteiger partial charge in [-0.15, -0.1) is 0 Å². The Kier molecular flexibility index (Phi) is 6.59. The predicted molar refractivity (Wildman–Crippen MR) is 121 cm³/mol. The van der Waals surface area contributed by atoms with E-state index >= 15 is 0 Å². The molecule has 0 atom stereocenters. The lowest BCUT2D eigenvalue weighted by molar-refractivity contribution is 0.0974. The van der Waals surface area contributed by atoms with Crippen molar-refractivity contribution in [3.8, 4) is 0 Å². The monoisotopic (exact) mass is 423 g/mol. The quantitative estimate of drug-likeness (QED) is 0.595. The Bertz CT molecular complexity index is 1020. The first kappa shape index (κ1) is 20.5. The Balaban J connectivity index is 1.60. The Morgan fingerprint density at radius 2 is 1.45 bits per heavy atom. The van der Waals surface area contributed by atoms with Crippen molar-refractivity contribution in [3.05, 3.63) is 95.0 Å². The summed E-state index contributed by atoms with van der Waals surface area (Å²) in [6.45, 7) is 0. The first-order valence-corrected chi connectivity index (χ1v) is 9.54. The van der Waals surface area contributed by atoms with Gasteiger partial charge in [0.1, 0.15) is 0 Å². The van der Waals surface area contributed by atoms with Crippen LogP contribution in [0.1, 0.15) is 20.7 Å². The van der Waals surface area contributed by atoms with Crippen LogP contribution in [0.25, 0.3) is 0 Å². The molecule has 29 heavy (non-hydrogen) atoms. The van der Waals surface area contributed by atoms with Crippen LogP contribution in [0, 0.1) is 0 Å². The number of benzene rings is 3. The molecule has 0 radical (unpaired) electrons. The molecule has 3 aromatic carbocycles. The molecule has 5 nitrogen and oxygen atoms in total. The standard InChI is InChI=1S/C22H18ClN3O2S/c1-26(19-5-3-2-4-6-19)21(28)16-9-13-18(14-10-16)24-22(29)25-20(27)15-7-11-17(23)12-8-15/h2-14H,1H3,(H2,24,25,27,29). The van der Waals surface area contributed by atoms with Gasteiger partial charge in [0.05, 0.1) is 0 Å². The Morgan fingerprint density at radius 3 is 2.07 bits per heavy atom. The molecule has 0 heterocycles. The van der Waals surface area contributed by atoms with Crippen molar-refractivity contribution in [2.24, 2.45) is 0 Å². The van der Waals surface area contributed by atoms with Gasteiger partial charge in [0.2, 0.25) is 0 Å². The number of hydrogen-bond donors (Lipinski definition) is 2. The van der Waals surface area contributed by atoms with Crippen LogP contribution in [0.3, 0.4) is 0 Å². The number of amides is 2. The highest BCUT2D eigenvalue weighted by atomic mass is 35.5. The van der Waals surface area contributed by atoms with Gasteiger partial charge in [-0.05, 0) is 72.9 Å². The van der Waals surface area contributed by atoms with Gasteiger partial charge in [-0.1, -0.05) is 29.8 Å². The molecule has 0 fully saturated rings. The molecule has 3 aromatic rings. The van der Waals surface area contributed by atoms with E-state index in [0.29, 0.717) is 21.8 Å². The normalized spacial score (nSPS) is 10.1. The summed E-state index contributed by atoms with van der Waals surface area (Å²) in [6.07, 6.45) is 0. The van der Waals surface area contributed by atoms with Crippen molar-refractivity contribution in [1.82, 2.24) is 5.32 Å². The van der Waals surface area contributed by atoms with Crippen LogP contribution >= 0.6 is 23.8 Å². The highest BCUT2D eigenvalue weighted by molar-refractivity contribution is 7.80. The molecular formula is C22H18ClN3O2S. The maximum absolute atomic E-state index is 12.6. The van der Waals surface area contributed by atoms with E-state index in [4.69, 9.17) is 23.8 Å². The summed E-state index contributed by atoms with van der Waals surface area (Å²) in [7, 11) is 1.73. The van der Waals surface area contributed by atoms with Gasteiger partial charge in [0, 0.05) is 34.6 Å². The van der Waals surface area contributed by atoms with Crippen LogP contribution in [-0.4, -0.2) is 24.0 Å². The smallest absolute Gasteiger partial charge is 0.258 e. The summed E-state index contributed by atoms with van der Waals surface area (Å²) in [5.74, 6) is -0.461. The minimum absolute atomic E-state index is 0.124. The Labute approximate surface area is 179 Å². The van der Waals surface area contributed by atoms with Gasteiger partial charge in [-0.2, -0.15) is 0 Å². The lowest BCUT2D eigenvalue weighted by Gasteiger charge is -2.17. The van der Waals surface area contributed by atoms with Crippen LogP contribution in [0.5, 0.6) is 0 Å². The second-order valence-electron chi connectivity index (χ2n) is 6.19. The van der Waals surface area contributed by atoms with Gasteiger partial charge in [-0.25, -0.2) is 0 Å². The number of anilines is 2. The van der Waals surface area contributed by atoms with E-state index in [1.807, 2.05) is 30.3 Å². The number of nitrogens with one attached hydrogen (secondary N) is 2. The third-order valence-electron chi connectivity index (χ3n) is 4.17. The van der Waals surface area contributed by atoms with Crippen LogP contribution < -0.4 is 15.5 Å². The fraction of sp³-hybridized carbons (Fsp3) is 0.0455. The average molecular weight is 424 g/mol. The Hall–Kier alpha value is -3.22. The van der Waals surface area contributed by atoms with E-state index in [-0.39, 0.29) is 16.9 Å². The Morgan fingerprint density at radius 1 is 0.862 bits per heavy atom. The molecule has 0 aliphatic carbocycles. The van der Waals surface area contributed by atoms with Gasteiger partial charge >= 0.3 is 0 Å². The maximum Gasteiger partial charge on any atom is 0.258 e. The third kappa shape index (κ3) is 5.40.